The molecule has 0 atom stereocenters. The lowest BCUT2D eigenvalue weighted by Gasteiger charge is -2.20. The number of alkyl halides is 5. The van der Waals surface area contributed by atoms with E-state index in [0.29, 0.717) is 6.07 Å². The molecule has 0 amide bonds. The van der Waals surface area contributed by atoms with Crippen molar-refractivity contribution in [2.75, 3.05) is 6.61 Å². The Labute approximate surface area is 171 Å². The van der Waals surface area contributed by atoms with Gasteiger partial charge in [-0.25, -0.2) is 14.8 Å². The van der Waals surface area contributed by atoms with Crippen LogP contribution in [0.4, 0.5) is 22.0 Å². The summed E-state index contributed by atoms with van der Waals surface area (Å²) in [6.45, 7) is 1.67. The molecular formula is C19H14F5N5O2. The van der Waals surface area contributed by atoms with Gasteiger partial charge in [0.15, 0.2) is 5.69 Å². The van der Waals surface area contributed by atoms with Crippen molar-refractivity contribution in [3.05, 3.63) is 48.0 Å². The van der Waals surface area contributed by atoms with E-state index in [-0.39, 0.29) is 40.2 Å². The number of carbonyl (C=O) groups excluding carboxylic acids is 1. The predicted octanol–water partition coefficient (Wildman–Crippen LogP) is 4.11. The second-order valence-corrected chi connectivity index (χ2v) is 6.65. The molecular weight excluding hydrogens is 425 g/mol. The molecule has 0 saturated heterocycles. The maximum Gasteiger partial charge on any atom is 0.459 e. The van der Waals surface area contributed by atoms with Gasteiger partial charge in [-0.15, -0.1) is 0 Å². The third-order valence-corrected chi connectivity index (χ3v) is 4.55. The highest BCUT2D eigenvalue weighted by Crippen LogP contribution is 2.44. The molecule has 0 aromatic carbocycles. The Kier molecular flexibility index (Phi) is 4.67. The van der Waals surface area contributed by atoms with Gasteiger partial charge in [0.1, 0.15) is 17.0 Å². The van der Waals surface area contributed by atoms with E-state index in [1.807, 2.05) is 0 Å². The largest absolute Gasteiger partial charge is 0.461 e. The van der Waals surface area contributed by atoms with Crippen LogP contribution >= 0.6 is 0 Å². The van der Waals surface area contributed by atoms with Crippen molar-refractivity contribution in [3.8, 4) is 11.3 Å². The van der Waals surface area contributed by atoms with E-state index in [2.05, 4.69) is 15.1 Å². The maximum absolute atomic E-state index is 14.2. The molecule has 0 radical (unpaired) electrons. The molecule has 4 aromatic rings. The topological polar surface area (TPSA) is 74.3 Å². The number of hydrogen-bond acceptors (Lipinski definition) is 5. The first-order valence-corrected chi connectivity index (χ1v) is 8.98. The van der Waals surface area contributed by atoms with Crippen molar-refractivity contribution >= 4 is 22.6 Å². The second-order valence-electron chi connectivity index (χ2n) is 6.65. The zero-order valence-corrected chi connectivity index (χ0v) is 16.1. The third-order valence-electron chi connectivity index (χ3n) is 4.55. The number of carbonyl (C=O) groups is 1. The van der Waals surface area contributed by atoms with Crippen LogP contribution in [0.2, 0.25) is 0 Å². The summed E-state index contributed by atoms with van der Waals surface area (Å²) in [5, 5.41) is 4.37. The number of rotatable bonds is 4. The van der Waals surface area contributed by atoms with Crippen LogP contribution in [0.5, 0.6) is 0 Å². The van der Waals surface area contributed by atoms with E-state index in [9.17, 15) is 26.7 Å². The smallest absolute Gasteiger partial charge is 0.459 e. The molecule has 0 aliphatic heterocycles. The maximum atomic E-state index is 14.2. The number of ether oxygens (including phenoxy) is 1. The highest BCUT2D eigenvalue weighted by molar-refractivity contribution is 5.94. The lowest BCUT2D eigenvalue weighted by Crippen LogP contribution is -2.34. The molecule has 0 unspecified atom stereocenters. The standard InChI is InChI=1S/C19H14F5N5O2/c1-3-31-17(30)13-9-29-15(25-13)5-4-10-11(12-6-7-28(2)27-12)8-14(26-16(10)29)18(20,21)19(22,23)24/h4-9H,3H2,1-2H3. The first-order valence-electron chi connectivity index (χ1n) is 8.98. The summed E-state index contributed by atoms with van der Waals surface area (Å²) < 4.78 is 75.1. The second kappa shape index (κ2) is 7.00. The summed E-state index contributed by atoms with van der Waals surface area (Å²) in [5.41, 5.74) is -1.53. The van der Waals surface area contributed by atoms with Gasteiger partial charge in [-0.05, 0) is 31.2 Å². The normalized spacial score (nSPS) is 12.6. The molecule has 0 spiro atoms. The molecule has 7 nitrogen and oxygen atoms in total. The lowest BCUT2D eigenvalue weighted by molar-refractivity contribution is -0.290. The van der Waals surface area contributed by atoms with Gasteiger partial charge in [-0.1, -0.05) is 0 Å². The molecule has 31 heavy (non-hydrogen) atoms. The first kappa shape index (κ1) is 20.7. The van der Waals surface area contributed by atoms with E-state index < -0.39 is 23.8 Å². The van der Waals surface area contributed by atoms with Gasteiger partial charge in [-0.2, -0.15) is 27.1 Å². The van der Waals surface area contributed by atoms with Gasteiger partial charge >= 0.3 is 18.1 Å². The number of halogens is 5. The number of imidazole rings is 1. The van der Waals surface area contributed by atoms with Crippen LogP contribution in [0, 0.1) is 0 Å². The Hall–Kier alpha value is -3.57. The van der Waals surface area contributed by atoms with Crippen LogP contribution in [-0.2, 0) is 17.7 Å². The van der Waals surface area contributed by atoms with Crippen molar-refractivity contribution in [3.63, 3.8) is 0 Å². The van der Waals surface area contributed by atoms with Crippen LogP contribution in [0.1, 0.15) is 23.1 Å². The van der Waals surface area contributed by atoms with Crippen LogP contribution in [0.3, 0.4) is 0 Å². The minimum absolute atomic E-state index is 0.0257. The SMILES string of the molecule is CCOC(=O)c1cn2c(ccc3c(-c4ccn(C)n4)cc(C(F)(F)C(F)(F)F)nc32)n1. The highest BCUT2D eigenvalue weighted by Gasteiger charge is 2.60. The van der Waals surface area contributed by atoms with E-state index in [1.54, 1.807) is 14.0 Å². The highest BCUT2D eigenvalue weighted by atomic mass is 19.4. The Morgan fingerprint density at radius 2 is 1.87 bits per heavy atom. The average molecular weight is 439 g/mol. The van der Waals surface area contributed by atoms with Gasteiger partial charge in [0.2, 0.25) is 0 Å². The predicted molar refractivity (Wildman–Crippen MR) is 98.6 cm³/mol. The zero-order valence-electron chi connectivity index (χ0n) is 16.1. The molecule has 4 aromatic heterocycles. The van der Waals surface area contributed by atoms with Crippen molar-refractivity contribution in [1.29, 1.82) is 0 Å². The Balaban J connectivity index is 2.06. The van der Waals surface area contributed by atoms with E-state index >= 15 is 0 Å². The summed E-state index contributed by atoms with van der Waals surface area (Å²) >= 11 is 0. The fraction of sp³-hybridized carbons (Fsp3) is 0.263. The van der Waals surface area contributed by atoms with E-state index in [1.165, 1.54) is 39.7 Å². The van der Waals surface area contributed by atoms with Crippen molar-refractivity contribution in [2.45, 2.75) is 19.0 Å². The first-order chi connectivity index (χ1) is 14.5. The Morgan fingerprint density at radius 3 is 2.48 bits per heavy atom. The molecule has 12 heteroatoms. The van der Waals surface area contributed by atoms with Crippen molar-refractivity contribution < 1.29 is 31.5 Å². The summed E-state index contributed by atoms with van der Waals surface area (Å²) in [6.07, 6.45) is -3.15. The summed E-state index contributed by atoms with van der Waals surface area (Å²) in [5.74, 6) is -5.97. The fourth-order valence-corrected chi connectivity index (χ4v) is 3.11. The number of nitrogens with zero attached hydrogens (tertiary/aromatic N) is 5. The van der Waals surface area contributed by atoms with Gasteiger partial charge in [0.05, 0.1) is 12.3 Å². The molecule has 162 valence electrons. The minimum atomic E-state index is -5.85. The number of fused-ring (bicyclic) bond motifs is 3. The van der Waals surface area contributed by atoms with Crippen LogP contribution in [0.25, 0.3) is 27.9 Å². The summed E-state index contributed by atoms with van der Waals surface area (Å²) in [4.78, 5) is 19.7. The molecule has 4 heterocycles. The zero-order chi connectivity index (χ0) is 22.6. The monoisotopic (exact) mass is 439 g/mol. The number of aromatic nitrogens is 5. The molecule has 0 N–H and O–H groups in total. The number of pyridine rings is 2. The summed E-state index contributed by atoms with van der Waals surface area (Å²) in [7, 11) is 1.58. The van der Waals surface area contributed by atoms with Gasteiger partial charge in [0.25, 0.3) is 0 Å². The number of aryl methyl sites for hydroxylation is 1. The Bertz CT molecular complexity index is 1310. The molecule has 0 aliphatic carbocycles. The quantitative estimate of drug-likeness (QED) is 0.353. The van der Waals surface area contributed by atoms with Crippen LogP contribution in [-0.4, -0.2) is 42.9 Å². The van der Waals surface area contributed by atoms with E-state index in [4.69, 9.17) is 4.74 Å². The van der Waals surface area contributed by atoms with E-state index in [0.717, 1.165) is 0 Å². The lowest BCUT2D eigenvalue weighted by atomic mass is 10.0. The van der Waals surface area contributed by atoms with Crippen molar-refractivity contribution in [1.82, 2.24) is 24.1 Å². The fourth-order valence-electron chi connectivity index (χ4n) is 3.11. The molecule has 0 fully saturated rings. The molecule has 0 bridgehead atoms. The Morgan fingerprint density at radius 1 is 1.13 bits per heavy atom. The van der Waals surface area contributed by atoms with Gasteiger partial charge in [0, 0.05) is 30.4 Å². The average Bonchev–Trinajstić information content (AvgIpc) is 3.32. The van der Waals surface area contributed by atoms with Crippen LogP contribution in [0.15, 0.2) is 36.7 Å². The molecule has 4 rings (SSSR count). The van der Waals surface area contributed by atoms with Gasteiger partial charge < -0.3 is 4.74 Å². The third kappa shape index (κ3) is 3.37. The summed E-state index contributed by atoms with van der Waals surface area (Å²) in [6, 6.07) is 5.11. The number of hydrogen-bond donors (Lipinski definition) is 0. The molecule has 0 saturated carbocycles. The van der Waals surface area contributed by atoms with Crippen LogP contribution < -0.4 is 0 Å². The minimum Gasteiger partial charge on any atom is -0.461 e. The van der Waals surface area contributed by atoms with Gasteiger partial charge in [-0.3, -0.25) is 9.08 Å². The molecule has 0 aliphatic rings. The van der Waals surface area contributed by atoms with Crippen molar-refractivity contribution in [2.24, 2.45) is 7.05 Å². The number of esters is 1.